The van der Waals surface area contributed by atoms with Crippen molar-refractivity contribution < 1.29 is 14.3 Å². The van der Waals surface area contributed by atoms with Crippen LogP contribution in [0.3, 0.4) is 0 Å². The molecule has 28 heavy (non-hydrogen) atoms. The molecule has 144 valence electrons. The topological polar surface area (TPSA) is 71.2 Å². The Labute approximate surface area is 168 Å². The molecule has 6 heteroatoms. The third-order valence-electron chi connectivity index (χ3n) is 5.22. The summed E-state index contributed by atoms with van der Waals surface area (Å²) in [6.45, 7) is 2.11. The maximum Gasteiger partial charge on any atom is 0.311 e. The van der Waals surface area contributed by atoms with Gasteiger partial charge in [-0.3, -0.25) is 9.59 Å². The van der Waals surface area contributed by atoms with E-state index in [4.69, 9.17) is 16.3 Å². The third kappa shape index (κ3) is 3.62. The minimum Gasteiger partial charge on any atom is -0.466 e. The fourth-order valence-electron chi connectivity index (χ4n) is 3.83. The molecule has 0 saturated heterocycles. The van der Waals surface area contributed by atoms with Gasteiger partial charge in [-0.1, -0.05) is 35.9 Å². The quantitative estimate of drug-likeness (QED) is 0.657. The fourth-order valence-corrected chi connectivity index (χ4v) is 4.02. The number of H-pyrrole nitrogens is 1. The zero-order valence-corrected chi connectivity index (χ0v) is 16.3. The molecular formula is C22H21ClN2O3. The third-order valence-corrected chi connectivity index (χ3v) is 5.45. The average molecular weight is 397 g/mol. The first-order valence-electron chi connectivity index (χ1n) is 9.37. The Kier molecular flexibility index (Phi) is 5.09. The highest BCUT2D eigenvalue weighted by atomic mass is 35.5. The number of hydrogen-bond donors (Lipinski definition) is 2. The van der Waals surface area contributed by atoms with Gasteiger partial charge in [0.25, 0.3) is 5.91 Å². The van der Waals surface area contributed by atoms with E-state index in [2.05, 4.69) is 10.3 Å². The lowest BCUT2D eigenvalue weighted by Gasteiger charge is -2.32. The number of fused-ring (bicyclic) bond motifs is 2. The lowest BCUT2D eigenvalue weighted by atomic mass is 9.80. The van der Waals surface area contributed by atoms with Gasteiger partial charge in [0, 0.05) is 22.0 Å². The summed E-state index contributed by atoms with van der Waals surface area (Å²) in [5.74, 6) is -0.922. The van der Waals surface area contributed by atoms with Gasteiger partial charge in [-0.05, 0) is 55.2 Å². The Balaban J connectivity index is 1.59. The van der Waals surface area contributed by atoms with Crippen molar-refractivity contribution >= 4 is 34.4 Å². The molecule has 1 aromatic heterocycles. The number of esters is 1. The molecule has 2 N–H and O–H groups in total. The molecule has 0 saturated carbocycles. The molecule has 3 aromatic rings. The molecule has 1 amide bonds. The van der Waals surface area contributed by atoms with Gasteiger partial charge in [-0.2, -0.15) is 0 Å². The van der Waals surface area contributed by atoms with Crippen LogP contribution in [0.25, 0.3) is 10.9 Å². The van der Waals surface area contributed by atoms with Crippen LogP contribution in [0.4, 0.5) is 0 Å². The Morgan fingerprint density at radius 3 is 2.64 bits per heavy atom. The monoisotopic (exact) mass is 396 g/mol. The summed E-state index contributed by atoms with van der Waals surface area (Å²) in [6.07, 6.45) is 1.15. The number of aromatic nitrogens is 1. The van der Waals surface area contributed by atoms with Gasteiger partial charge in [0.1, 0.15) is 5.69 Å². The van der Waals surface area contributed by atoms with Gasteiger partial charge in [-0.25, -0.2) is 0 Å². The van der Waals surface area contributed by atoms with Crippen molar-refractivity contribution in [2.75, 3.05) is 6.61 Å². The molecule has 1 heterocycles. The fraction of sp³-hybridized carbons (Fsp3) is 0.273. The minimum absolute atomic E-state index is 0.244. The van der Waals surface area contributed by atoms with E-state index >= 15 is 0 Å². The molecule has 2 aromatic carbocycles. The molecule has 4 rings (SSSR count). The standard InChI is InChI=1S/C22H21ClN2O3/c1-2-28-22(27)17-10-13-5-3-4-6-14(13)11-19(17)25-21(26)20-12-15-9-16(23)7-8-18(15)24-20/h3-9,12,17,19,24H,2,10-11H2,1H3,(H,25,26). The Hall–Kier alpha value is -2.79. The van der Waals surface area contributed by atoms with Crippen molar-refractivity contribution in [1.82, 2.24) is 10.3 Å². The van der Waals surface area contributed by atoms with Crippen LogP contribution in [0.1, 0.15) is 28.5 Å². The lowest BCUT2D eigenvalue weighted by molar-refractivity contribution is -0.149. The largest absolute Gasteiger partial charge is 0.466 e. The van der Waals surface area contributed by atoms with Gasteiger partial charge in [0.15, 0.2) is 0 Å². The summed E-state index contributed by atoms with van der Waals surface area (Å²) in [6, 6.07) is 14.9. The highest BCUT2D eigenvalue weighted by Crippen LogP contribution is 2.27. The van der Waals surface area contributed by atoms with Gasteiger partial charge in [-0.15, -0.1) is 0 Å². The van der Waals surface area contributed by atoms with E-state index in [0.717, 1.165) is 22.0 Å². The van der Waals surface area contributed by atoms with Crippen LogP contribution in [-0.4, -0.2) is 29.5 Å². The highest BCUT2D eigenvalue weighted by Gasteiger charge is 2.35. The maximum atomic E-state index is 12.9. The van der Waals surface area contributed by atoms with Crippen molar-refractivity contribution in [3.05, 3.63) is 70.4 Å². The molecule has 0 radical (unpaired) electrons. The summed E-state index contributed by atoms with van der Waals surface area (Å²) in [5, 5.41) is 4.52. The first kappa shape index (κ1) is 18.6. The number of ether oxygens (including phenoxy) is 1. The zero-order chi connectivity index (χ0) is 19.7. The number of halogens is 1. The number of nitrogens with one attached hydrogen (secondary N) is 2. The number of aromatic amines is 1. The van der Waals surface area contributed by atoms with Crippen molar-refractivity contribution in [3.63, 3.8) is 0 Å². The van der Waals surface area contributed by atoms with Gasteiger partial charge >= 0.3 is 5.97 Å². The normalized spacial score (nSPS) is 18.5. The summed E-state index contributed by atoms with van der Waals surface area (Å²) in [7, 11) is 0. The second-order valence-corrected chi connectivity index (χ2v) is 7.47. The van der Waals surface area contributed by atoms with E-state index in [0.29, 0.717) is 30.2 Å². The Morgan fingerprint density at radius 2 is 1.89 bits per heavy atom. The van der Waals surface area contributed by atoms with E-state index in [-0.39, 0.29) is 17.9 Å². The Morgan fingerprint density at radius 1 is 1.14 bits per heavy atom. The summed E-state index contributed by atoms with van der Waals surface area (Å²) < 4.78 is 5.26. The Bertz CT molecular complexity index is 1040. The smallest absolute Gasteiger partial charge is 0.311 e. The van der Waals surface area contributed by atoms with E-state index in [1.54, 1.807) is 19.1 Å². The maximum absolute atomic E-state index is 12.9. The van der Waals surface area contributed by atoms with E-state index < -0.39 is 5.92 Å². The number of carbonyl (C=O) groups excluding carboxylic acids is 2. The molecule has 2 atom stereocenters. The SMILES string of the molecule is CCOC(=O)C1Cc2ccccc2CC1NC(=O)c1cc2cc(Cl)ccc2[nH]1. The van der Waals surface area contributed by atoms with Crippen molar-refractivity contribution in [2.45, 2.75) is 25.8 Å². The predicted octanol–water partition coefficient (Wildman–Crippen LogP) is 3.90. The molecule has 0 aliphatic heterocycles. The highest BCUT2D eigenvalue weighted by molar-refractivity contribution is 6.31. The summed E-state index contributed by atoms with van der Waals surface area (Å²) >= 11 is 6.03. The van der Waals surface area contributed by atoms with Gasteiger partial charge < -0.3 is 15.0 Å². The van der Waals surface area contributed by atoms with Crippen molar-refractivity contribution in [3.8, 4) is 0 Å². The number of amides is 1. The van der Waals surface area contributed by atoms with E-state index in [9.17, 15) is 9.59 Å². The molecule has 1 aliphatic carbocycles. The number of carbonyl (C=O) groups is 2. The second-order valence-electron chi connectivity index (χ2n) is 7.03. The molecule has 5 nitrogen and oxygen atoms in total. The number of benzene rings is 2. The van der Waals surface area contributed by atoms with Gasteiger partial charge in [0.05, 0.1) is 12.5 Å². The van der Waals surface area contributed by atoms with E-state index in [1.807, 2.05) is 36.4 Å². The molecule has 0 spiro atoms. The van der Waals surface area contributed by atoms with Crippen LogP contribution >= 0.6 is 11.6 Å². The van der Waals surface area contributed by atoms with Crippen LogP contribution in [0.15, 0.2) is 48.5 Å². The van der Waals surface area contributed by atoms with Crippen LogP contribution in [0, 0.1) is 5.92 Å². The summed E-state index contributed by atoms with van der Waals surface area (Å²) in [4.78, 5) is 28.5. The zero-order valence-electron chi connectivity index (χ0n) is 15.5. The van der Waals surface area contributed by atoms with Crippen LogP contribution in [-0.2, 0) is 22.4 Å². The first-order chi connectivity index (χ1) is 13.5. The van der Waals surface area contributed by atoms with Crippen LogP contribution in [0.2, 0.25) is 5.02 Å². The van der Waals surface area contributed by atoms with Crippen LogP contribution < -0.4 is 5.32 Å². The minimum atomic E-state index is -0.405. The average Bonchev–Trinajstić information content (AvgIpc) is 3.11. The van der Waals surface area contributed by atoms with Crippen molar-refractivity contribution in [1.29, 1.82) is 0 Å². The first-order valence-corrected chi connectivity index (χ1v) is 9.75. The number of hydrogen-bond acceptors (Lipinski definition) is 3. The molecule has 1 aliphatic rings. The van der Waals surface area contributed by atoms with E-state index in [1.165, 1.54) is 0 Å². The molecule has 2 unspecified atom stereocenters. The van der Waals surface area contributed by atoms with Crippen LogP contribution in [0.5, 0.6) is 0 Å². The van der Waals surface area contributed by atoms with Crippen molar-refractivity contribution in [2.24, 2.45) is 5.92 Å². The predicted molar refractivity (Wildman–Crippen MR) is 109 cm³/mol. The number of rotatable bonds is 4. The molecule has 0 fully saturated rings. The van der Waals surface area contributed by atoms with Gasteiger partial charge in [0.2, 0.25) is 0 Å². The lowest BCUT2D eigenvalue weighted by Crippen LogP contribution is -2.48. The molecule has 0 bridgehead atoms. The summed E-state index contributed by atoms with van der Waals surface area (Å²) in [5.41, 5.74) is 3.56. The second kappa shape index (κ2) is 7.68. The molecular weight excluding hydrogens is 376 g/mol.